The average molecular weight is 896 g/mol. The Kier molecular flexibility index (Phi) is 14.5. The molecule has 0 atom stereocenters. The van der Waals surface area contributed by atoms with Gasteiger partial charge in [0.25, 0.3) is 0 Å². The summed E-state index contributed by atoms with van der Waals surface area (Å²) in [5, 5.41) is 30.2. The van der Waals surface area contributed by atoms with Crippen LogP contribution in [0.4, 0.5) is 0 Å². The van der Waals surface area contributed by atoms with Gasteiger partial charge < -0.3 is 24.8 Å². The molecule has 3 N–H and O–H groups in total. The van der Waals surface area contributed by atoms with Crippen molar-refractivity contribution in [2.75, 3.05) is 19.1 Å². The molecule has 2 aliphatic rings. The van der Waals surface area contributed by atoms with Gasteiger partial charge in [0.1, 0.15) is 22.7 Å². The SMILES string of the molecule is C=CC(C)(C)c1cc(C2=C(c3ccc(S(C)(=O)=O)cc3)C(C)(C)OC2=O)ccc1O.CC1(C)OC(=O)C(c2ccc(O)c(C(C)(C)CCO)c2)=C1c1ccc(S(C)(=O)=O)cc1.[B]=C. The number of carbonyl (C=O) groups is 2. The molecule has 0 amide bonds. The van der Waals surface area contributed by atoms with Gasteiger partial charge in [-0.1, -0.05) is 70.2 Å². The Hall–Kier alpha value is -5.57. The summed E-state index contributed by atoms with van der Waals surface area (Å²) in [6, 6.07) is 22.8. The van der Waals surface area contributed by atoms with E-state index in [-0.39, 0.29) is 27.9 Å². The third kappa shape index (κ3) is 10.6. The van der Waals surface area contributed by atoms with E-state index in [4.69, 9.17) is 9.47 Å². The summed E-state index contributed by atoms with van der Waals surface area (Å²) < 4.78 is 58.5. The Labute approximate surface area is 372 Å². The summed E-state index contributed by atoms with van der Waals surface area (Å²) >= 11 is 0. The molecule has 0 unspecified atom stereocenters. The molecule has 1 radical (unpaired) electrons. The second-order valence-electron chi connectivity index (χ2n) is 17.6. The predicted octanol–water partition coefficient (Wildman–Crippen LogP) is 7.79. The monoisotopic (exact) mass is 895 g/mol. The van der Waals surface area contributed by atoms with Crippen molar-refractivity contribution in [2.45, 2.75) is 93.6 Å². The van der Waals surface area contributed by atoms with Crippen LogP contribution in [-0.4, -0.2) is 88.4 Å². The number of cyclic esters (lactones) is 2. The molecule has 6 rings (SSSR count). The first-order valence-electron chi connectivity index (χ1n) is 20.0. The number of sulfone groups is 2. The summed E-state index contributed by atoms with van der Waals surface area (Å²) in [4.78, 5) is 26.1. The normalized spacial score (nSPS) is 16.0. The molecule has 11 nitrogen and oxygen atoms in total. The molecule has 0 bridgehead atoms. The Morgan fingerprint density at radius 2 is 0.952 bits per heavy atom. The summed E-state index contributed by atoms with van der Waals surface area (Å²) in [5.41, 5.74) is 3.12. The van der Waals surface area contributed by atoms with Gasteiger partial charge in [0, 0.05) is 46.8 Å². The first kappa shape index (κ1) is 50.1. The molecule has 14 heteroatoms. The molecule has 0 aromatic heterocycles. The van der Waals surface area contributed by atoms with E-state index < -0.39 is 53.6 Å². The van der Waals surface area contributed by atoms with E-state index in [1.807, 2.05) is 27.7 Å². The Balaban J connectivity index is 0.000000266. The van der Waals surface area contributed by atoms with Crippen LogP contribution in [0, 0.1) is 0 Å². The van der Waals surface area contributed by atoms with Gasteiger partial charge in [-0.15, -0.1) is 6.58 Å². The molecular formula is C49H56BO11S2. The van der Waals surface area contributed by atoms with Crippen molar-refractivity contribution in [3.05, 3.63) is 131 Å². The second kappa shape index (κ2) is 18.3. The Morgan fingerprint density at radius 1 is 0.619 bits per heavy atom. The van der Waals surface area contributed by atoms with Gasteiger partial charge >= 0.3 is 25.9 Å². The molecule has 333 valence electrons. The third-order valence-electron chi connectivity index (χ3n) is 11.2. The zero-order valence-corrected chi connectivity index (χ0v) is 39.1. The van der Waals surface area contributed by atoms with Gasteiger partial charge in [-0.3, -0.25) is 0 Å². The van der Waals surface area contributed by atoms with Crippen molar-refractivity contribution in [2.24, 2.45) is 0 Å². The molecule has 4 aromatic carbocycles. The molecule has 63 heavy (non-hydrogen) atoms. The molecule has 2 aliphatic heterocycles. The first-order chi connectivity index (χ1) is 29.1. The average Bonchev–Trinajstić information content (AvgIpc) is 3.59. The van der Waals surface area contributed by atoms with Gasteiger partial charge in [0.05, 0.1) is 20.9 Å². The Morgan fingerprint density at radius 3 is 1.29 bits per heavy atom. The fourth-order valence-electron chi connectivity index (χ4n) is 7.69. The van der Waals surface area contributed by atoms with Crippen molar-refractivity contribution < 1.29 is 51.2 Å². The number of ether oxygens (including phenoxy) is 2. The summed E-state index contributed by atoms with van der Waals surface area (Å²) in [6.45, 7) is 21.4. The maximum atomic E-state index is 12.9. The minimum atomic E-state index is -3.34. The zero-order valence-electron chi connectivity index (χ0n) is 37.5. The van der Waals surface area contributed by atoms with E-state index in [0.29, 0.717) is 62.1 Å². The Bertz CT molecular complexity index is 2720. The summed E-state index contributed by atoms with van der Waals surface area (Å²) in [6.07, 6.45) is 4.48. The molecule has 0 saturated heterocycles. The van der Waals surface area contributed by atoms with Crippen molar-refractivity contribution >= 4 is 67.9 Å². The number of aliphatic hydroxyl groups is 1. The van der Waals surface area contributed by atoms with Crippen LogP contribution in [0.25, 0.3) is 22.3 Å². The number of carbonyl (C=O) groups excluding carboxylic acids is 2. The van der Waals surface area contributed by atoms with E-state index in [1.165, 1.54) is 24.3 Å². The van der Waals surface area contributed by atoms with E-state index in [1.54, 1.807) is 94.4 Å². The van der Waals surface area contributed by atoms with Gasteiger partial charge in [0.15, 0.2) is 19.7 Å². The number of hydrogen-bond acceptors (Lipinski definition) is 11. The predicted molar refractivity (Wildman–Crippen MR) is 250 cm³/mol. The number of esters is 2. The van der Waals surface area contributed by atoms with Crippen molar-refractivity contribution in [3.63, 3.8) is 0 Å². The molecule has 0 spiro atoms. The molecule has 0 saturated carbocycles. The van der Waals surface area contributed by atoms with Crippen LogP contribution in [0.15, 0.2) is 107 Å². The van der Waals surface area contributed by atoms with Crippen molar-refractivity contribution in [1.29, 1.82) is 0 Å². The summed E-state index contributed by atoms with van der Waals surface area (Å²) in [7, 11) is -2.42. The van der Waals surface area contributed by atoms with Crippen molar-refractivity contribution in [3.8, 4) is 11.5 Å². The number of phenols is 2. The van der Waals surface area contributed by atoms with Crippen LogP contribution < -0.4 is 0 Å². The van der Waals surface area contributed by atoms with Crippen LogP contribution in [0.5, 0.6) is 11.5 Å². The van der Waals surface area contributed by atoms with Gasteiger partial charge in [-0.05, 0) is 110 Å². The van der Waals surface area contributed by atoms with Gasteiger partial charge in [-0.25, -0.2) is 26.4 Å². The number of allylic oxidation sites excluding steroid dienone is 1. The van der Waals surface area contributed by atoms with Crippen LogP contribution >= 0.6 is 0 Å². The van der Waals surface area contributed by atoms with Crippen LogP contribution in [0.2, 0.25) is 0 Å². The quantitative estimate of drug-likeness (QED) is 0.0760. The maximum absolute atomic E-state index is 12.9. The fourth-order valence-corrected chi connectivity index (χ4v) is 8.95. The molecule has 4 aromatic rings. The molecule has 0 fully saturated rings. The van der Waals surface area contributed by atoms with Crippen LogP contribution in [0.1, 0.15) is 95.2 Å². The molecular weight excluding hydrogens is 839 g/mol. The van der Waals surface area contributed by atoms with Crippen LogP contribution in [0.3, 0.4) is 0 Å². The number of hydrogen-bond donors (Lipinski definition) is 3. The van der Waals surface area contributed by atoms with Gasteiger partial charge in [-0.2, -0.15) is 0 Å². The zero-order chi connectivity index (χ0) is 47.7. The second-order valence-corrected chi connectivity index (χ2v) is 21.7. The number of benzene rings is 4. The van der Waals surface area contributed by atoms with E-state index >= 15 is 0 Å². The number of aliphatic hydroxyl groups excluding tert-OH is 1. The van der Waals surface area contributed by atoms with E-state index in [9.17, 15) is 41.7 Å². The first-order valence-corrected chi connectivity index (χ1v) is 23.7. The number of rotatable bonds is 11. The van der Waals surface area contributed by atoms with Crippen molar-refractivity contribution in [1.82, 2.24) is 0 Å². The molecule has 2 heterocycles. The summed E-state index contributed by atoms with van der Waals surface area (Å²) in [5.74, 6) is -0.736. The van der Waals surface area contributed by atoms with Crippen LogP contribution in [-0.2, 0) is 49.6 Å². The minimum absolute atomic E-state index is 0.0353. The fraction of sp³-hybridized carbons (Fsp3) is 0.327. The third-order valence-corrected chi connectivity index (χ3v) is 13.4. The van der Waals surface area contributed by atoms with E-state index in [0.717, 1.165) is 12.5 Å². The number of phenolic OH excluding ortho intramolecular Hbond substituents is 2. The topological polar surface area (TPSA) is 182 Å². The molecule has 0 aliphatic carbocycles. The standard InChI is InChI=1S/C24H28O6S.C24H26O5S.CH2B/c1-23(2,12-13-25)18-14-16(8-11-19(18)26)20-21(24(3,4)30-22(20)27)15-6-9-17(10-7-15)31(5,28)29;1-7-23(2,3)18-14-16(10-13-19(18)25)20-21(24(4,5)29-22(20)26)15-8-11-17(12-9-15)30(6,27)28;1-2/h6-11,14,25-26H,12-13H2,1-5H3;7-14,25H,1H2,2-6H3;1H2. The number of aromatic hydroxyl groups is 2. The van der Waals surface area contributed by atoms with E-state index in [2.05, 4.69) is 20.5 Å². The van der Waals surface area contributed by atoms with Gasteiger partial charge in [0.2, 0.25) is 0 Å².